The predicted molar refractivity (Wildman–Crippen MR) is 113 cm³/mol. The Morgan fingerprint density at radius 2 is 1.63 bits per heavy atom. The molecule has 1 aliphatic rings. The number of morpholine rings is 1. The second-order valence-corrected chi connectivity index (χ2v) is 9.88. The van der Waals surface area contributed by atoms with E-state index < -0.39 is 22.1 Å². The highest BCUT2D eigenvalue weighted by molar-refractivity contribution is 7.89. The van der Waals surface area contributed by atoms with Crippen LogP contribution in [0, 0.1) is 6.92 Å². The van der Waals surface area contributed by atoms with Gasteiger partial charge in [-0.1, -0.05) is 6.07 Å². The van der Waals surface area contributed by atoms with Gasteiger partial charge in [0.2, 0.25) is 10.0 Å². The van der Waals surface area contributed by atoms with Crippen molar-refractivity contribution in [3.63, 3.8) is 0 Å². The summed E-state index contributed by atoms with van der Waals surface area (Å²) >= 11 is 0. The van der Waals surface area contributed by atoms with E-state index in [-0.39, 0.29) is 41.5 Å². The van der Waals surface area contributed by atoms with Crippen molar-refractivity contribution in [1.29, 1.82) is 0 Å². The summed E-state index contributed by atoms with van der Waals surface area (Å²) in [6.45, 7) is 12.0. The number of hydrogen-bond acceptors (Lipinski definition) is 6. The largest absolute Gasteiger partial charge is 0.449 e. The fourth-order valence-electron chi connectivity index (χ4n) is 3.53. The molecule has 1 heterocycles. The van der Waals surface area contributed by atoms with E-state index in [4.69, 9.17) is 9.47 Å². The van der Waals surface area contributed by atoms with Gasteiger partial charge in [0.1, 0.15) is 0 Å². The van der Waals surface area contributed by atoms with E-state index in [1.807, 2.05) is 27.7 Å². The number of ether oxygens (including phenoxy) is 2. The van der Waals surface area contributed by atoms with E-state index in [9.17, 15) is 18.0 Å². The highest BCUT2D eigenvalue weighted by Gasteiger charge is 2.30. The van der Waals surface area contributed by atoms with Crippen LogP contribution in [-0.2, 0) is 24.3 Å². The molecule has 168 valence electrons. The highest BCUT2D eigenvalue weighted by Crippen LogP contribution is 2.23. The fraction of sp³-hybridized carbons (Fsp3) is 0.619. The maximum absolute atomic E-state index is 13.0. The summed E-state index contributed by atoms with van der Waals surface area (Å²) in [5.74, 6) is -1.02. The molecule has 0 bridgehead atoms. The third kappa shape index (κ3) is 5.39. The Balaban J connectivity index is 2.23. The van der Waals surface area contributed by atoms with Gasteiger partial charge >= 0.3 is 5.97 Å². The Hall–Kier alpha value is -1.97. The molecular weight excluding hydrogens is 408 g/mol. The molecule has 2 rings (SSSR count). The molecule has 1 amide bonds. The van der Waals surface area contributed by atoms with Crippen molar-refractivity contribution in [3.8, 4) is 0 Å². The Morgan fingerprint density at radius 1 is 1.07 bits per heavy atom. The van der Waals surface area contributed by atoms with Gasteiger partial charge in [0, 0.05) is 25.2 Å². The summed E-state index contributed by atoms with van der Waals surface area (Å²) < 4.78 is 38.0. The average Bonchev–Trinajstić information content (AvgIpc) is 2.68. The summed E-state index contributed by atoms with van der Waals surface area (Å²) in [7, 11) is -3.76. The normalized spacial score (nSPS) is 16.5. The molecule has 9 heteroatoms. The first kappa shape index (κ1) is 24.3. The van der Waals surface area contributed by atoms with Crippen LogP contribution in [0.5, 0.6) is 0 Å². The molecule has 0 N–H and O–H groups in total. The van der Waals surface area contributed by atoms with Crippen LogP contribution in [-0.4, -0.2) is 74.0 Å². The molecule has 8 nitrogen and oxygen atoms in total. The number of sulfonamides is 1. The molecule has 30 heavy (non-hydrogen) atoms. The van der Waals surface area contributed by atoms with Crippen LogP contribution in [0.2, 0.25) is 0 Å². The predicted octanol–water partition coefficient (Wildman–Crippen LogP) is 2.21. The number of carbonyl (C=O) groups is 2. The maximum Gasteiger partial charge on any atom is 0.338 e. The zero-order valence-electron chi connectivity index (χ0n) is 18.5. The maximum atomic E-state index is 13.0. The van der Waals surface area contributed by atoms with Crippen LogP contribution in [0.4, 0.5) is 0 Å². The van der Waals surface area contributed by atoms with Crippen molar-refractivity contribution < 1.29 is 27.5 Å². The Kier molecular flexibility index (Phi) is 8.01. The van der Waals surface area contributed by atoms with Crippen molar-refractivity contribution in [3.05, 3.63) is 29.3 Å². The smallest absolute Gasteiger partial charge is 0.338 e. The summed E-state index contributed by atoms with van der Waals surface area (Å²) in [6, 6.07) is 4.33. The number of carbonyl (C=O) groups excluding carboxylic acids is 2. The van der Waals surface area contributed by atoms with Crippen LogP contribution in [0.25, 0.3) is 0 Å². The second kappa shape index (κ2) is 9.89. The van der Waals surface area contributed by atoms with Gasteiger partial charge in [0.25, 0.3) is 5.91 Å². The Bertz CT molecular complexity index is 867. The minimum Gasteiger partial charge on any atom is -0.449 e. The van der Waals surface area contributed by atoms with E-state index in [2.05, 4.69) is 0 Å². The lowest BCUT2D eigenvalue weighted by Gasteiger charge is -2.32. The number of amides is 1. The summed E-state index contributed by atoms with van der Waals surface area (Å²) in [4.78, 5) is 27.1. The fourth-order valence-corrected chi connectivity index (χ4v) is 5.18. The van der Waals surface area contributed by atoms with Crippen molar-refractivity contribution in [2.24, 2.45) is 0 Å². The van der Waals surface area contributed by atoms with Gasteiger partial charge in [-0.3, -0.25) is 4.79 Å². The average molecular weight is 441 g/mol. The molecule has 0 aliphatic carbocycles. The molecule has 1 aromatic carbocycles. The summed E-state index contributed by atoms with van der Waals surface area (Å²) in [6.07, 6.45) is -0.983. The highest BCUT2D eigenvalue weighted by atomic mass is 32.2. The summed E-state index contributed by atoms with van der Waals surface area (Å²) in [5, 5.41) is 0. The van der Waals surface area contributed by atoms with Gasteiger partial charge in [0.05, 0.1) is 23.7 Å². The van der Waals surface area contributed by atoms with Crippen LogP contribution in [0.15, 0.2) is 23.1 Å². The quantitative estimate of drug-likeness (QED) is 0.604. The van der Waals surface area contributed by atoms with Gasteiger partial charge in [-0.15, -0.1) is 0 Å². The number of aryl methyl sites for hydroxylation is 1. The molecule has 1 saturated heterocycles. The van der Waals surface area contributed by atoms with Crippen molar-refractivity contribution in [1.82, 2.24) is 9.21 Å². The minimum absolute atomic E-state index is 0.0386. The van der Waals surface area contributed by atoms with Crippen molar-refractivity contribution in [2.75, 3.05) is 26.3 Å². The Morgan fingerprint density at radius 3 is 2.17 bits per heavy atom. The van der Waals surface area contributed by atoms with Crippen LogP contribution in [0.1, 0.15) is 50.5 Å². The second-order valence-electron chi connectivity index (χ2n) is 7.98. The van der Waals surface area contributed by atoms with E-state index in [0.717, 1.165) is 0 Å². The third-order valence-corrected chi connectivity index (χ3v) is 7.05. The van der Waals surface area contributed by atoms with E-state index in [0.29, 0.717) is 18.8 Å². The molecular formula is C21H32N2O6S. The first-order valence-corrected chi connectivity index (χ1v) is 11.6. The first-order valence-electron chi connectivity index (χ1n) is 10.2. The lowest BCUT2D eigenvalue weighted by Crippen LogP contribution is -2.47. The van der Waals surface area contributed by atoms with E-state index in [1.165, 1.54) is 23.4 Å². The molecule has 0 aromatic heterocycles. The van der Waals surface area contributed by atoms with Gasteiger partial charge in [-0.25, -0.2) is 13.2 Å². The molecule has 0 radical (unpaired) electrons. The number of hydrogen-bond donors (Lipinski definition) is 0. The number of nitrogens with zero attached hydrogens (tertiary/aromatic N) is 2. The number of rotatable bonds is 7. The Labute approximate surface area is 179 Å². The van der Waals surface area contributed by atoms with Crippen LogP contribution >= 0.6 is 0 Å². The van der Waals surface area contributed by atoms with E-state index >= 15 is 0 Å². The molecule has 1 unspecified atom stereocenters. The molecule has 1 aromatic rings. The SMILES string of the molecule is Cc1ccc(C(=O)OC(C)C(=O)N(C(C)C)C(C)C)cc1S(=O)(=O)N1CCOCC1. The first-order chi connectivity index (χ1) is 14.0. The monoisotopic (exact) mass is 440 g/mol. The topological polar surface area (TPSA) is 93.2 Å². The van der Waals surface area contributed by atoms with Gasteiger partial charge in [0.15, 0.2) is 6.10 Å². The molecule has 1 fully saturated rings. The zero-order chi connectivity index (χ0) is 22.6. The standard InChI is InChI=1S/C21H32N2O6S/c1-14(2)23(15(3)4)20(24)17(6)29-21(25)18-8-7-16(5)19(13-18)30(26,27)22-9-11-28-12-10-22/h7-8,13-15,17H,9-12H2,1-6H3. The summed E-state index contributed by atoms with van der Waals surface area (Å²) in [5.41, 5.74) is 0.626. The lowest BCUT2D eigenvalue weighted by atomic mass is 10.1. The molecule has 1 atom stereocenters. The van der Waals surface area contributed by atoms with Gasteiger partial charge in [-0.2, -0.15) is 4.31 Å². The number of esters is 1. The molecule has 0 spiro atoms. The van der Waals surface area contributed by atoms with Gasteiger partial charge in [-0.05, 0) is 59.2 Å². The minimum atomic E-state index is -3.76. The molecule has 1 aliphatic heterocycles. The lowest BCUT2D eigenvalue weighted by molar-refractivity contribution is -0.143. The van der Waals surface area contributed by atoms with Crippen LogP contribution < -0.4 is 0 Å². The van der Waals surface area contributed by atoms with E-state index in [1.54, 1.807) is 17.9 Å². The van der Waals surface area contributed by atoms with Crippen molar-refractivity contribution >= 4 is 21.9 Å². The van der Waals surface area contributed by atoms with Crippen LogP contribution in [0.3, 0.4) is 0 Å². The third-order valence-electron chi connectivity index (χ3n) is 5.01. The van der Waals surface area contributed by atoms with Gasteiger partial charge < -0.3 is 14.4 Å². The number of benzene rings is 1. The van der Waals surface area contributed by atoms with Crippen molar-refractivity contribution in [2.45, 2.75) is 64.6 Å². The zero-order valence-corrected chi connectivity index (χ0v) is 19.4. The molecule has 0 saturated carbocycles.